The summed E-state index contributed by atoms with van der Waals surface area (Å²) in [5.41, 5.74) is 0. The Labute approximate surface area is 146 Å². The molecule has 64 valence electrons. The normalized spacial score (nSPS) is 9.08. The Balaban J connectivity index is -0.0000000267. The average molecular weight is 335 g/mol. The fourth-order valence-corrected chi connectivity index (χ4v) is 0. The summed E-state index contributed by atoms with van der Waals surface area (Å²) in [5, 5.41) is 0. The quantitative estimate of drug-likeness (QED) is 0.310. The zero-order valence-electron chi connectivity index (χ0n) is 6.28. The van der Waals surface area contributed by atoms with E-state index in [1.54, 1.807) is 0 Å². The van der Waals surface area contributed by atoms with Crippen molar-refractivity contribution < 1.29 is 58.0 Å². The van der Waals surface area contributed by atoms with Gasteiger partial charge in [0.1, 0.15) is 0 Å². The van der Waals surface area contributed by atoms with Crippen LogP contribution in [0, 0.1) is 0 Å². The summed E-state index contributed by atoms with van der Waals surface area (Å²) < 4.78 is 17.1. The molecule has 0 aromatic heterocycles. The van der Waals surface area contributed by atoms with E-state index in [1.165, 1.54) is 0 Å². The minimum Gasteiger partial charge on any atom is -0.822 e. The Kier molecular flexibility index (Phi) is 30.9. The first kappa shape index (κ1) is 29.9. The second kappa shape index (κ2) is 13.4. The van der Waals surface area contributed by atoms with Crippen molar-refractivity contribution in [2.75, 3.05) is 0 Å². The first-order valence-corrected chi connectivity index (χ1v) is 4.38. The molecule has 13 heteroatoms. The second-order valence-corrected chi connectivity index (χ2v) is 2.68. The molecular formula is Ca2O8P2Zn. The molecule has 0 atom stereocenters. The summed E-state index contributed by atoms with van der Waals surface area (Å²) in [6, 6.07) is 0. The van der Waals surface area contributed by atoms with Crippen molar-refractivity contribution in [1.29, 1.82) is 0 Å². The van der Waals surface area contributed by atoms with Gasteiger partial charge in [-0.2, -0.15) is 15.6 Å². The van der Waals surface area contributed by atoms with E-state index in [4.69, 9.17) is 38.5 Å². The topological polar surface area (TPSA) is 172 Å². The maximum atomic E-state index is 8.55. The van der Waals surface area contributed by atoms with Gasteiger partial charge in [0.2, 0.25) is 0 Å². The summed E-state index contributed by atoms with van der Waals surface area (Å²) in [6.07, 6.45) is 0. The second-order valence-electron chi connectivity index (χ2n) is 0.894. The maximum Gasteiger partial charge on any atom is 2.00 e. The Hall–Kier alpha value is 3.36. The van der Waals surface area contributed by atoms with Crippen LogP contribution in [0.5, 0.6) is 0 Å². The Morgan fingerprint density at radius 2 is 0.615 bits per heavy atom. The van der Waals surface area contributed by atoms with Crippen molar-refractivity contribution in [3.8, 4) is 0 Å². The predicted octanol–water partition coefficient (Wildman–Crippen LogP) is -6.41. The van der Waals surface area contributed by atoms with Crippen molar-refractivity contribution in [3.05, 3.63) is 0 Å². The van der Waals surface area contributed by atoms with Crippen molar-refractivity contribution in [2.24, 2.45) is 0 Å². The Morgan fingerprint density at radius 1 is 0.615 bits per heavy atom. The largest absolute Gasteiger partial charge is 2.00 e. The van der Waals surface area contributed by atoms with Gasteiger partial charge in [-0.1, -0.05) is 0 Å². The molecule has 0 unspecified atom stereocenters. The van der Waals surface area contributed by atoms with Crippen LogP contribution >= 0.6 is 15.6 Å². The van der Waals surface area contributed by atoms with Crippen LogP contribution in [0.25, 0.3) is 0 Å². The summed E-state index contributed by atoms with van der Waals surface area (Å²) >= 11 is 0. The fourth-order valence-electron chi connectivity index (χ4n) is 0. The third-order valence-corrected chi connectivity index (χ3v) is 0. The van der Waals surface area contributed by atoms with Crippen LogP contribution in [0.1, 0.15) is 0 Å². The maximum absolute atomic E-state index is 8.55. The summed E-state index contributed by atoms with van der Waals surface area (Å²) in [5.74, 6) is 0. The fraction of sp³-hybridized carbons (Fsp3) is 0. The summed E-state index contributed by atoms with van der Waals surface area (Å²) in [6.45, 7) is 0. The average Bonchev–Trinajstić information content (AvgIpc) is 1.12. The molecule has 0 aliphatic carbocycles. The summed E-state index contributed by atoms with van der Waals surface area (Å²) in [7, 11) is -10.8. The molecule has 0 bridgehead atoms. The molecule has 0 saturated carbocycles. The van der Waals surface area contributed by atoms with Crippen LogP contribution < -0.4 is 29.4 Å². The van der Waals surface area contributed by atoms with Gasteiger partial charge in [-0.25, -0.2) is 0 Å². The molecule has 0 rings (SSSR count). The van der Waals surface area contributed by atoms with E-state index in [9.17, 15) is 0 Å². The standard InChI is InChI=1S/2Ca.2H3O4P.Zn/c;;2*1-5(2,3)4;/h;;2*(H3,1,2,3,4);/q2*+2;;;+2/p-6. The van der Waals surface area contributed by atoms with Gasteiger partial charge in [-0.3, -0.25) is 0 Å². The van der Waals surface area contributed by atoms with E-state index in [0.29, 0.717) is 0 Å². The minimum absolute atomic E-state index is 0. The Bertz CT molecular complexity index is 132. The van der Waals surface area contributed by atoms with Gasteiger partial charge in [-0.05, 0) is 0 Å². The smallest absolute Gasteiger partial charge is 0.822 e. The SMILES string of the molecule is O=P([O-])([O-])[O-].O=P([O-])([O-])[O-].[Ca+2].[Ca+2].[Zn+2]. The van der Waals surface area contributed by atoms with Crippen LogP contribution in [0.3, 0.4) is 0 Å². The molecule has 0 spiro atoms. The molecule has 0 aromatic rings. The van der Waals surface area contributed by atoms with Crippen LogP contribution in [-0.2, 0) is 28.6 Å². The van der Waals surface area contributed by atoms with Crippen molar-refractivity contribution in [2.45, 2.75) is 0 Å². The molecule has 13 heavy (non-hydrogen) atoms. The van der Waals surface area contributed by atoms with Crippen molar-refractivity contribution in [1.82, 2.24) is 0 Å². The van der Waals surface area contributed by atoms with E-state index in [0.717, 1.165) is 0 Å². The van der Waals surface area contributed by atoms with Gasteiger partial charge in [0, 0.05) is 0 Å². The number of hydrogen-bond donors (Lipinski definition) is 0. The van der Waals surface area contributed by atoms with Gasteiger partial charge in [0.15, 0.2) is 0 Å². The molecule has 0 fully saturated rings. The number of rotatable bonds is 0. The molecule has 8 nitrogen and oxygen atoms in total. The monoisotopic (exact) mass is 334 g/mol. The van der Waals surface area contributed by atoms with Crippen LogP contribution in [-0.4, -0.2) is 75.5 Å². The van der Waals surface area contributed by atoms with Gasteiger partial charge in [0.05, 0.1) is 0 Å². The molecule has 0 N–H and O–H groups in total. The third-order valence-electron chi connectivity index (χ3n) is 0. The van der Waals surface area contributed by atoms with Crippen LogP contribution in [0.2, 0.25) is 0 Å². The first-order valence-electron chi connectivity index (χ1n) is 1.46. The van der Waals surface area contributed by atoms with E-state index in [1.807, 2.05) is 0 Å². The first-order chi connectivity index (χ1) is 4.00. The number of hydrogen-bond acceptors (Lipinski definition) is 8. The van der Waals surface area contributed by atoms with Gasteiger partial charge >= 0.3 is 95.0 Å². The van der Waals surface area contributed by atoms with Gasteiger partial charge in [0.25, 0.3) is 0 Å². The van der Waals surface area contributed by atoms with Gasteiger partial charge in [-0.15, -0.1) is 0 Å². The molecule has 0 amide bonds. The Morgan fingerprint density at radius 3 is 0.615 bits per heavy atom. The third kappa shape index (κ3) is 243. The predicted molar refractivity (Wildman–Crippen MR) is 26.7 cm³/mol. The van der Waals surface area contributed by atoms with E-state index in [-0.39, 0.29) is 95.0 Å². The zero-order chi connectivity index (χ0) is 9.00. The molecule has 0 radical (unpaired) electrons. The van der Waals surface area contributed by atoms with E-state index < -0.39 is 15.6 Å². The van der Waals surface area contributed by atoms with Crippen LogP contribution in [0.4, 0.5) is 0 Å². The molecule has 0 saturated heterocycles. The van der Waals surface area contributed by atoms with Crippen LogP contribution in [0.15, 0.2) is 0 Å². The molecule has 0 aromatic carbocycles. The van der Waals surface area contributed by atoms with E-state index in [2.05, 4.69) is 0 Å². The van der Waals surface area contributed by atoms with E-state index >= 15 is 0 Å². The van der Waals surface area contributed by atoms with Crippen molar-refractivity contribution >= 4 is 91.1 Å². The molecule has 0 aliphatic heterocycles. The molecule has 0 aliphatic rings. The minimum atomic E-state index is -5.39. The van der Waals surface area contributed by atoms with Crippen molar-refractivity contribution in [3.63, 3.8) is 0 Å². The zero-order valence-corrected chi connectivity index (χ0v) is 15.5. The molecule has 0 heterocycles. The van der Waals surface area contributed by atoms with Gasteiger partial charge < -0.3 is 38.5 Å². The number of phosphoric acid groups is 2. The summed E-state index contributed by atoms with van der Waals surface area (Å²) in [4.78, 5) is 51.3. The molecular weight excluding hydrogens is 335 g/mol.